The van der Waals surface area contributed by atoms with Crippen LogP contribution in [0.2, 0.25) is 5.02 Å². The topological polar surface area (TPSA) is 114 Å². The number of nitrogens with zero attached hydrogens (tertiary/aromatic N) is 6. The summed E-state index contributed by atoms with van der Waals surface area (Å²) >= 11 is 6.68. The molecule has 34 heavy (non-hydrogen) atoms. The number of β-amino-alcohol motifs (C(OH)–C–C–N with tert-alkyl or cyclic N) is 1. The molecule has 1 aromatic carbocycles. The first-order chi connectivity index (χ1) is 16.4. The number of ether oxygens (including phenoxy) is 1. The number of aliphatic hydroxyl groups excluding tert-OH is 1. The monoisotopic (exact) mass is 484 g/mol. The Labute approximate surface area is 201 Å². The fourth-order valence-electron chi connectivity index (χ4n) is 5.71. The maximum absolute atomic E-state index is 13.3. The molecule has 2 saturated heterocycles. The summed E-state index contributed by atoms with van der Waals surface area (Å²) in [4.78, 5) is 29.0. The number of halogens is 1. The van der Waals surface area contributed by atoms with Crippen molar-refractivity contribution in [2.75, 3.05) is 32.8 Å². The van der Waals surface area contributed by atoms with Crippen molar-refractivity contribution < 1.29 is 19.4 Å². The van der Waals surface area contributed by atoms with Gasteiger partial charge in [0.05, 0.1) is 34.4 Å². The number of cyclic esters (lactones) is 1. The molecule has 1 N–H and O–H groups in total. The van der Waals surface area contributed by atoms with Gasteiger partial charge < -0.3 is 19.6 Å². The third-order valence-corrected chi connectivity index (χ3v) is 8.32. The molecule has 4 aliphatic rings. The van der Waals surface area contributed by atoms with Gasteiger partial charge >= 0.3 is 5.97 Å². The fraction of sp³-hybridized carbons (Fsp3) is 0.522. The third kappa shape index (κ3) is 3.19. The molecule has 11 heteroatoms. The smallest absolute Gasteiger partial charge is 0.336 e. The lowest BCUT2D eigenvalue weighted by Gasteiger charge is -2.38. The molecule has 1 spiro atoms. The van der Waals surface area contributed by atoms with Gasteiger partial charge in [0, 0.05) is 29.8 Å². The summed E-state index contributed by atoms with van der Waals surface area (Å²) in [6.45, 7) is 4.91. The van der Waals surface area contributed by atoms with E-state index in [4.69, 9.17) is 16.3 Å². The molecule has 1 aromatic heterocycles. The Morgan fingerprint density at radius 2 is 1.97 bits per heavy atom. The molecular weight excluding hydrogens is 460 g/mol. The van der Waals surface area contributed by atoms with E-state index in [1.165, 1.54) is 0 Å². The number of carbonyl (C=O) groups is 2. The largest absolute Gasteiger partial charge is 0.456 e. The number of piperidine rings is 1. The molecule has 0 radical (unpaired) electrons. The lowest BCUT2D eigenvalue weighted by atomic mass is 9.77. The number of aromatic nitrogens is 4. The Morgan fingerprint density at radius 1 is 1.21 bits per heavy atom. The second-order valence-electron chi connectivity index (χ2n) is 9.61. The number of rotatable bonds is 4. The molecule has 5 heterocycles. The van der Waals surface area contributed by atoms with Gasteiger partial charge in [-0.15, -0.1) is 5.10 Å². The Balaban J connectivity index is 1.11. The van der Waals surface area contributed by atoms with Crippen LogP contribution in [0.5, 0.6) is 0 Å². The lowest BCUT2D eigenvalue weighted by Crippen LogP contribution is -2.45. The molecule has 0 aliphatic carbocycles. The van der Waals surface area contributed by atoms with Crippen LogP contribution in [0.25, 0.3) is 11.4 Å². The molecule has 4 aliphatic heterocycles. The first-order valence-electron chi connectivity index (χ1n) is 11.5. The minimum absolute atomic E-state index is 0.0997. The van der Waals surface area contributed by atoms with E-state index in [-0.39, 0.29) is 18.5 Å². The van der Waals surface area contributed by atoms with E-state index in [9.17, 15) is 14.7 Å². The van der Waals surface area contributed by atoms with Crippen molar-refractivity contribution in [3.8, 4) is 11.4 Å². The fourth-order valence-corrected chi connectivity index (χ4v) is 6.06. The Hall–Kier alpha value is -2.82. The minimum atomic E-state index is -0.740. The number of esters is 1. The highest BCUT2D eigenvalue weighted by atomic mass is 35.5. The van der Waals surface area contributed by atoms with E-state index in [0.29, 0.717) is 47.3 Å². The van der Waals surface area contributed by atoms with Crippen molar-refractivity contribution in [2.24, 2.45) is 5.41 Å². The highest BCUT2D eigenvalue weighted by molar-refractivity contribution is 6.32. The average molecular weight is 485 g/mol. The van der Waals surface area contributed by atoms with E-state index < -0.39 is 11.5 Å². The van der Waals surface area contributed by atoms with Gasteiger partial charge in [-0.3, -0.25) is 4.79 Å². The van der Waals surface area contributed by atoms with Crippen LogP contribution in [0.4, 0.5) is 0 Å². The molecule has 1 unspecified atom stereocenters. The van der Waals surface area contributed by atoms with Crippen LogP contribution in [0.1, 0.15) is 43.4 Å². The minimum Gasteiger partial charge on any atom is -0.456 e. The van der Waals surface area contributed by atoms with Gasteiger partial charge in [-0.05, 0) is 49.7 Å². The number of aliphatic hydroxyl groups is 1. The zero-order valence-electron chi connectivity index (χ0n) is 18.8. The lowest BCUT2D eigenvalue weighted by molar-refractivity contribution is -0.138. The Kier molecular flexibility index (Phi) is 5.02. The molecule has 178 valence electrons. The number of hydrogen-bond donors (Lipinski definition) is 1. The van der Waals surface area contributed by atoms with Crippen molar-refractivity contribution in [3.63, 3.8) is 0 Å². The van der Waals surface area contributed by atoms with Crippen LogP contribution < -0.4 is 0 Å². The summed E-state index contributed by atoms with van der Waals surface area (Å²) in [5.74, 6) is 0.451. The van der Waals surface area contributed by atoms with Crippen molar-refractivity contribution >= 4 is 23.5 Å². The highest BCUT2D eigenvalue weighted by Gasteiger charge is 2.50. The van der Waals surface area contributed by atoms with Gasteiger partial charge in [0.25, 0.3) is 0 Å². The Bertz CT molecular complexity index is 1230. The molecule has 0 bridgehead atoms. The summed E-state index contributed by atoms with van der Waals surface area (Å²) in [5, 5.41) is 23.2. The second-order valence-corrected chi connectivity index (χ2v) is 9.98. The van der Waals surface area contributed by atoms with E-state index >= 15 is 0 Å². The molecule has 6 rings (SSSR count). The number of carbonyl (C=O) groups excluding carboxylic acids is 2. The number of benzene rings is 1. The van der Waals surface area contributed by atoms with Gasteiger partial charge in [-0.25, -0.2) is 9.48 Å². The molecule has 0 saturated carbocycles. The average Bonchev–Trinajstić information content (AvgIpc) is 3.57. The van der Waals surface area contributed by atoms with Crippen LogP contribution in [0, 0.1) is 5.41 Å². The quantitative estimate of drug-likeness (QED) is 0.555. The summed E-state index contributed by atoms with van der Waals surface area (Å²) in [6.07, 6.45) is 1.50. The summed E-state index contributed by atoms with van der Waals surface area (Å²) < 4.78 is 6.80. The number of hydrogen-bond acceptors (Lipinski definition) is 8. The third-order valence-electron chi connectivity index (χ3n) is 7.87. The number of amides is 1. The molecule has 10 nitrogen and oxygen atoms in total. The predicted octanol–water partition coefficient (Wildman–Crippen LogP) is 1.53. The molecular formula is C23H25ClN6O4. The van der Waals surface area contributed by atoms with Crippen molar-refractivity contribution in [1.82, 2.24) is 30.0 Å². The van der Waals surface area contributed by atoms with Gasteiger partial charge in [-0.1, -0.05) is 23.7 Å². The number of tetrazole rings is 1. The van der Waals surface area contributed by atoms with E-state index in [2.05, 4.69) is 20.4 Å². The summed E-state index contributed by atoms with van der Waals surface area (Å²) in [7, 11) is 0. The SMILES string of the molecule is CC1=C(N2CCC3(CCN(CC(O)c4ccc5c(c4Cl)Cn4nnnc4-5)CC3)C2=O)COC1=O. The predicted molar refractivity (Wildman–Crippen MR) is 120 cm³/mol. The summed E-state index contributed by atoms with van der Waals surface area (Å²) in [6, 6.07) is 3.76. The van der Waals surface area contributed by atoms with Gasteiger partial charge in [0.2, 0.25) is 5.91 Å². The van der Waals surface area contributed by atoms with Crippen LogP contribution in [-0.4, -0.2) is 79.8 Å². The van der Waals surface area contributed by atoms with Gasteiger partial charge in [0.1, 0.15) is 6.61 Å². The highest BCUT2D eigenvalue weighted by Crippen LogP contribution is 2.44. The van der Waals surface area contributed by atoms with Crippen LogP contribution in [0.15, 0.2) is 23.4 Å². The van der Waals surface area contributed by atoms with E-state index in [1.807, 2.05) is 12.1 Å². The van der Waals surface area contributed by atoms with Crippen molar-refractivity contribution in [3.05, 3.63) is 39.6 Å². The van der Waals surface area contributed by atoms with Crippen molar-refractivity contribution in [2.45, 2.75) is 38.8 Å². The van der Waals surface area contributed by atoms with Crippen molar-refractivity contribution in [1.29, 1.82) is 0 Å². The number of fused-ring (bicyclic) bond motifs is 3. The standard InChI is InChI=1S/C23H25ClN6O4/c1-13-17(12-34-21(13)32)29-9-6-23(22(29)33)4-7-28(8-5-23)11-18(31)15-3-2-14-16(19(15)24)10-30-20(14)25-26-27-30/h2-3,18,31H,4-12H2,1H3. The zero-order chi connectivity index (χ0) is 23.6. The summed E-state index contributed by atoms with van der Waals surface area (Å²) in [5.41, 5.74) is 3.35. The number of likely N-dealkylation sites (tertiary alicyclic amines) is 2. The molecule has 2 fully saturated rings. The second kappa shape index (κ2) is 7.86. The zero-order valence-corrected chi connectivity index (χ0v) is 19.6. The maximum atomic E-state index is 13.3. The molecule has 1 amide bonds. The van der Waals surface area contributed by atoms with Crippen LogP contribution in [-0.2, 0) is 20.9 Å². The maximum Gasteiger partial charge on any atom is 0.336 e. The Morgan fingerprint density at radius 3 is 2.71 bits per heavy atom. The van der Waals surface area contributed by atoms with Gasteiger partial charge in [0.15, 0.2) is 5.82 Å². The van der Waals surface area contributed by atoms with Crippen LogP contribution >= 0.6 is 11.6 Å². The first-order valence-corrected chi connectivity index (χ1v) is 11.9. The van der Waals surface area contributed by atoms with E-state index in [0.717, 1.165) is 43.5 Å². The first kappa shape index (κ1) is 21.7. The van der Waals surface area contributed by atoms with Gasteiger partial charge in [-0.2, -0.15) is 0 Å². The molecule has 2 aromatic rings. The normalized spacial score (nSPS) is 22.5. The van der Waals surface area contributed by atoms with E-state index in [1.54, 1.807) is 16.5 Å². The van der Waals surface area contributed by atoms with Crippen LogP contribution in [0.3, 0.4) is 0 Å². The molecule has 1 atom stereocenters.